The van der Waals surface area contributed by atoms with E-state index in [4.69, 9.17) is 5.11 Å². The fraction of sp³-hybridized carbons (Fsp3) is 0.500. The molecular formula is C14H20FNO2. The predicted molar refractivity (Wildman–Crippen MR) is 68.9 cm³/mol. The maximum absolute atomic E-state index is 13.1. The first-order valence-electron chi connectivity index (χ1n) is 6.29. The van der Waals surface area contributed by atoms with Crippen molar-refractivity contribution in [3.05, 3.63) is 35.6 Å². The highest BCUT2D eigenvalue weighted by Gasteiger charge is 2.19. The molecule has 0 aromatic heterocycles. The summed E-state index contributed by atoms with van der Waals surface area (Å²) in [4.78, 5) is 11.1. The van der Waals surface area contributed by atoms with Gasteiger partial charge in [-0.3, -0.25) is 10.1 Å². The smallest absolute Gasteiger partial charge is 0.320 e. The largest absolute Gasteiger partial charge is 0.480 e. The van der Waals surface area contributed by atoms with Gasteiger partial charge in [-0.2, -0.15) is 0 Å². The summed E-state index contributed by atoms with van der Waals surface area (Å²) in [5.41, 5.74) is 0.762. The molecule has 4 heteroatoms. The third-order valence-electron chi connectivity index (χ3n) is 2.94. The molecule has 1 unspecified atom stereocenters. The zero-order valence-corrected chi connectivity index (χ0v) is 10.8. The molecule has 0 fully saturated rings. The van der Waals surface area contributed by atoms with Gasteiger partial charge in [0.15, 0.2) is 0 Å². The Hall–Kier alpha value is -1.42. The van der Waals surface area contributed by atoms with Crippen molar-refractivity contribution in [1.29, 1.82) is 0 Å². The van der Waals surface area contributed by atoms with Crippen molar-refractivity contribution >= 4 is 5.97 Å². The number of hydrogen-bond donors (Lipinski definition) is 2. The second kappa shape index (κ2) is 7.11. The lowest BCUT2D eigenvalue weighted by Gasteiger charge is -2.20. The van der Waals surface area contributed by atoms with Crippen LogP contribution in [-0.4, -0.2) is 17.1 Å². The minimum Gasteiger partial charge on any atom is -0.480 e. The molecule has 100 valence electrons. The summed E-state index contributed by atoms with van der Waals surface area (Å²) in [7, 11) is 0. The Bertz CT molecular complexity index is 395. The molecule has 0 aliphatic rings. The van der Waals surface area contributed by atoms with Crippen molar-refractivity contribution < 1.29 is 14.3 Å². The van der Waals surface area contributed by atoms with Gasteiger partial charge in [0, 0.05) is 6.04 Å². The normalized spacial score (nSPS) is 14.2. The minimum absolute atomic E-state index is 0.182. The van der Waals surface area contributed by atoms with E-state index in [1.807, 2.05) is 13.8 Å². The first-order chi connectivity index (χ1) is 8.54. The van der Waals surface area contributed by atoms with Gasteiger partial charge >= 0.3 is 5.97 Å². The Labute approximate surface area is 107 Å². The third-order valence-corrected chi connectivity index (χ3v) is 2.94. The molecule has 3 nitrogen and oxygen atoms in total. The second-order valence-electron chi connectivity index (χ2n) is 4.48. The molecule has 1 rings (SSSR count). The van der Waals surface area contributed by atoms with Crippen molar-refractivity contribution in [2.24, 2.45) is 0 Å². The number of benzene rings is 1. The van der Waals surface area contributed by atoms with Crippen LogP contribution in [-0.2, 0) is 4.79 Å². The summed E-state index contributed by atoms with van der Waals surface area (Å²) in [6.45, 7) is 3.87. The van der Waals surface area contributed by atoms with Crippen LogP contribution in [0.1, 0.15) is 44.7 Å². The van der Waals surface area contributed by atoms with Crippen LogP contribution in [0.3, 0.4) is 0 Å². The van der Waals surface area contributed by atoms with Crippen LogP contribution in [0.5, 0.6) is 0 Å². The molecule has 18 heavy (non-hydrogen) atoms. The fourth-order valence-corrected chi connectivity index (χ4v) is 1.86. The lowest BCUT2D eigenvalue weighted by atomic mass is 10.0. The molecule has 0 saturated carbocycles. The van der Waals surface area contributed by atoms with Gasteiger partial charge in [0.1, 0.15) is 11.9 Å². The average Bonchev–Trinajstić information content (AvgIpc) is 2.33. The Morgan fingerprint density at radius 1 is 1.50 bits per heavy atom. The molecule has 0 spiro atoms. The highest BCUT2D eigenvalue weighted by Crippen LogP contribution is 2.15. The average molecular weight is 253 g/mol. The van der Waals surface area contributed by atoms with E-state index in [0.29, 0.717) is 6.42 Å². The van der Waals surface area contributed by atoms with Crippen molar-refractivity contribution in [3.8, 4) is 0 Å². The molecule has 2 atom stereocenters. The molecule has 1 aromatic carbocycles. The maximum Gasteiger partial charge on any atom is 0.320 e. The lowest BCUT2D eigenvalue weighted by molar-refractivity contribution is -0.139. The van der Waals surface area contributed by atoms with Gasteiger partial charge < -0.3 is 5.11 Å². The molecule has 0 saturated heterocycles. The van der Waals surface area contributed by atoms with Crippen molar-refractivity contribution in [2.75, 3.05) is 0 Å². The van der Waals surface area contributed by atoms with Crippen LogP contribution in [0.2, 0.25) is 0 Å². The standard InChI is InChI=1S/C14H20FNO2/c1-3-4-8-13(14(17)18)16-10(2)11-6-5-7-12(15)9-11/h5-7,9-10,13,16H,3-4,8H2,1-2H3,(H,17,18)/t10-,13?/m0/s1. The molecule has 0 aliphatic carbocycles. The molecule has 0 aliphatic heterocycles. The Kier molecular flexibility index (Phi) is 5.78. The van der Waals surface area contributed by atoms with Gasteiger partial charge in [-0.15, -0.1) is 0 Å². The SMILES string of the molecule is CCCCC(N[C@@H](C)c1cccc(F)c1)C(=O)O. The number of halogens is 1. The molecule has 0 amide bonds. The Morgan fingerprint density at radius 3 is 2.78 bits per heavy atom. The number of carboxylic acid groups (broad SMARTS) is 1. The van der Waals surface area contributed by atoms with Crippen molar-refractivity contribution in [1.82, 2.24) is 5.32 Å². The topological polar surface area (TPSA) is 49.3 Å². The number of aliphatic carboxylic acids is 1. The predicted octanol–water partition coefficient (Wildman–Crippen LogP) is 3.12. The minimum atomic E-state index is -0.855. The molecular weight excluding hydrogens is 233 g/mol. The molecule has 0 heterocycles. The number of nitrogens with one attached hydrogen (secondary N) is 1. The fourth-order valence-electron chi connectivity index (χ4n) is 1.86. The summed E-state index contributed by atoms with van der Waals surface area (Å²) in [6, 6.07) is 5.46. The van der Waals surface area contributed by atoms with E-state index in [2.05, 4.69) is 5.32 Å². The Balaban J connectivity index is 2.65. The van der Waals surface area contributed by atoms with Gasteiger partial charge in [0.25, 0.3) is 0 Å². The van der Waals surface area contributed by atoms with Crippen molar-refractivity contribution in [3.63, 3.8) is 0 Å². The first-order valence-corrected chi connectivity index (χ1v) is 6.29. The third kappa shape index (κ3) is 4.45. The van der Waals surface area contributed by atoms with E-state index in [9.17, 15) is 9.18 Å². The van der Waals surface area contributed by atoms with Gasteiger partial charge in [-0.1, -0.05) is 31.9 Å². The van der Waals surface area contributed by atoms with Crippen molar-refractivity contribution in [2.45, 2.75) is 45.2 Å². The highest BCUT2D eigenvalue weighted by atomic mass is 19.1. The number of carboxylic acids is 1. The van der Waals surface area contributed by atoms with Crippen LogP contribution in [0, 0.1) is 5.82 Å². The van der Waals surface area contributed by atoms with Crippen LogP contribution in [0.4, 0.5) is 4.39 Å². The maximum atomic E-state index is 13.1. The monoisotopic (exact) mass is 253 g/mol. The van der Waals surface area contributed by atoms with E-state index in [-0.39, 0.29) is 11.9 Å². The zero-order chi connectivity index (χ0) is 13.5. The quantitative estimate of drug-likeness (QED) is 0.785. The second-order valence-corrected chi connectivity index (χ2v) is 4.48. The molecule has 1 aromatic rings. The molecule has 2 N–H and O–H groups in total. The van der Waals surface area contributed by atoms with Crippen LogP contribution >= 0.6 is 0 Å². The first kappa shape index (κ1) is 14.6. The molecule has 0 radical (unpaired) electrons. The summed E-state index contributed by atoms with van der Waals surface area (Å²) in [5, 5.41) is 12.1. The summed E-state index contributed by atoms with van der Waals surface area (Å²) in [5.74, 6) is -1.16. The van der Waals surface area contributed by atoms with E-state index in [1.54, 1.807) is 12.1 Å². The van der Waals surface area contributed by atoms with Crippen LogP contribution in [0.25, 0.3) is 0 Å². The zero-order valence-electron chi connectivity index (χ0n) is 10.8. The van der Waals surface area contributed by atoms with Gasteiger partial charge in [-0.25, -0.2) is 4.39 Å². The highest BCUT2D eigenvalue weighted by molar-refractivity contribution is 5.73. The van der Waals surface area contributed by atoms with E-state index >= 15 is 0 Å². The number of unbranched alkanes of at least 4 members (excludes halogenated alkanes) is 1. The summed E-state index contributed by atoms with van der Waals surface area (Å²) < 4.78 is 13.1. The lowest BCUT2D eigenvalue weighted by Crippen LogP contribution is -2.38. The van der Waals surface area contributed by atoms with E-state index < -0.39 is 12.0 Å². The van der Waals surface area contributed by atoms with Crippen LogP contribution < -0.4 is 5.32 Å². The number of rotatable bonds is 7. The van der Waals surface area contributed by atoms with Gasteiger partial charge in [-0.05, 0) is 31.0 Å². The summed E-state index contributed by atoms with van der Waals surface area (Å²) in [6.07, 6.45) is 2.41. The van der Waals surface area contributed by atoms with Gasteiger partial charge in [0.2, 0.25) is 0 Å². The number of carbonyl (C=O) groups is 1. The summed E-state index contributed by atoms with van der Waals surface area (Å²) >= 11 is 0. The van der Waals surface area contributed by atoms with Crippen LogP contribution in [0.15, 0.2) is 24.3 Å². The van der Waals surface area contributed by atoms with E-state index in [0.717, 1.165) is 18.4 Å². The number of hydrogen-bond acceptors (Lipinski definition) is 2. The Morgan fingerprint density at radius 2 is 2.22 bits per heavy atom. The molecule has 0 bridgehead atoms. The van der Waals surface area contributed by atoms with Gasteiger partial charge in [0.05, 0.1) is 0 Å². The van der Waals surface area contributed by atoms with E-state index in [1.165, 1.54) is 12.1 Å².